The molecule has 4 aromatic heterocycles. The highest BCUT2D eigenvalue weighted by Gasteiger charge is 2.33. The van der Waals surface area contributed by atoms with Gasteiger partial charge in [-0.1, -0.05) is 6.92 Å². The van der Waals surface area contributed by atoms with Crippen LogP contribution in [0, 0.1) is 0 Å². The third-order valence-electron chi connectivity index (χ3n) is 4.46. The van der Waals surface area contributed by atoms with E-state index in [4.69, 9.17) is 0 Å². The van der Waals surface area contributed by atoms with Crippen molar-refractivity contribution in [1.82, 2.24) is 39.7 Å². The summed E-state index contributed by atoms with van der Waals surface area (Å²) in [5.74, 6) is 1.04. The maximum atomic E-state index is 13.0. The first-order chi connectivity index (χ1) is 15.3. The molecule has 0 spiro atoms. The fraction of sp³-hybridized carbons (Fsp3) is 0.211. The lowest BCUT2D eigenvalue weighted by molar-refractivity contribution is -0.141. The van der Waals surface area contributed by atoms with Crippen molar-refractivity contribution in [3.05, 3.63) is 48.8 Å². The molecule has 0 bridgehead atoms. The number of hydrogen-bond acceptors (Lipinski definition) is 8. The molecule has 4 aromatic rings. The largest absolute Gasteiger partial charge is 0.433 e. The fourth-order valence-corrected chi connectivity index (χ4v) is 3.83. The summed E-state index contributed by atoms with van der Waals surface area (Å²) in [5, 5.41) is 8.06. The van der Waals surface area contributed by atoms with Crippen LogP contribution in [-0.4, -0.2) is 49.6 Å². The van der Waals surface area contributed by atoms with Crippen LogP contribution < -0.4 is 0 Å². The van der Waals surface area contributed by atoms with Gasteiger partial charge >= 0.3 is 6.18 Å². The summed E-state index contributed by atoms with van der Waals surface area (Å²) in [6, 6.07) is 4.13. The quantitative estimate of drug-likeness (QED) is 0.447. The molecule has 32 heavy (non-hydrogen) atoms. The van der Waals surface area contributed by atoms with E-state index in [0.717, 1.165) is 12.4 Å². The van der Waals surface area contributed by atoms with Crippen molar-refractivity contribution in [3.63, 3.8) is 0 Å². The Hall–Kier alpha value is -3.61. The molecule has 4 heterocycles. The summed E-state index contributed by atoms with van der Waals surface area (Å²) in [5.41, 5.74) is -0.290. The van der Waals surface area contributed by atoms with Gasteiger partial charge in [0.1, 0.15) is 23.4 Å². The zero-order chi connectivity index (χ0) is 22.9. The van der Waals surface area contributed by atoms with Crippen LogP contribution in [0.2, 0.25) is 0 Å². The van der Waals surface area contributed by atoms with Crippen LogP contribution in [-0.2, 0) is 24.0 Å². The summed E-state index contributed by atoms with van der Waals surface area (Å²) in [4.78, 5) is 20.3. The van der Waals surface area contributed by atoms with E-state index < -0.39 is 22.7 Å². The Morgan fingerprint density at radius 1 is 1.00 bits per heavy atom. The maximum absolute atomic E-state index is 13.0. The molecular weight excluding hydrogens is 445 g/mol. The first kappa shape index (κ1) is 21.6. The number of aromatic nitrogens is 8. The number of alkyl halides is 3. The highest BCUT2D eigenvalue weighted by Crippen LogP contribution is 2.31. The number of nitrogens with zero attached hydrogens (tertiary/aromatic N) is 8. The molecule has 0 saturated heterocycles. The van der Waals surface area contributed by atoms with Crippen LogP contribution in [0.25, 0.3) is 34.4 Å². The Kier molecular flexibility index (Phi) is 5.74. The van der Waals surface area contributed by atoms with E-state index in [9.17, 15) is 17.4 Å². The highest BCUT2D eigenvalue weighted by molar-refractivity contribution is 7.85. The average Bonchev–Trinajstić information content (AvgIpc) is 3.19. The minimum Gasteiger partial charge on any atom is -0.307 e. The van der Waals surface area contributed by atoms with Crippen LogP contribution in [0.5, 0.6) is 0 Å². The molecule has 0 N–H and O–H groups in total. The molecule has 0 aromatic carbocycles. The predicted octanol–water partition coefficient (Wildman–Crippen LogP) is 2.94. The van der Waals surface area contributed by atoms with E-state index in [1.807, 2.05) is 0 Å². The van der Waals surface area contributed by atoms with Gasteiger partial charge in [0.05, 0.1) is 15.7 Å². The van der Waals surface area contributed by atoms with E-state index in [0.29, 0.717) is 22.0 Å². The second-order valence-corrected chi connectivity index (χ2v) is 8.18. The molecule has 0 radical (unpaired) electrons. The lowest BCUT2D eigenvalue weighted by Crippen LogP contribution is -2.09. The summed E-state index contributed by atoms with van der Waals surface area (Å²) < 4.78 is 53.3. The van der Waals surface area contributed by atoms with Gasteiger partial charge in [0.15, 0.2) is 17.5 Å². The van der Waals surface area contributed by atoms with Crippen molar-refractivity contribution in [2.24, 2.45) is 7.05 Å². The van der Waals surface area contributed by atoms with Gasteiger partial charge in [-0.2, -0.15) is 13.2 Å². The van der Waals surface area contributed by atoms with Gasteiger partial charge < -0.3 is 4.57 Å². The molecule has 0 aliphatic carbocycles. The second kappa shape index (κ2) is 8.49. The van der Waals surface area contributed by atoms with Gasteiger partial charge in [0.25, 0.3) is 0 Å². The van der Waals surface area contributed by atoms with Crippen LogP contribution in [0.4, 0.5) is 13.2 Å². The van der Waals surface area contributed by atoms with Crippen molar-refractivity contribution in [1.29, 1.82) is 0 Å². The molecule has 0 amide bonds. The Morgan fingerprint density at radius 3 is 2.41 bits per heavy atom. The number of halogens is 3. The van der Waals surface area contributed by atoms with E-state index in [-0.39, 0.29) is 23.0 Å². The molecule has 0 aliphatic heterocycles. The van der Waals surface area contributed by atoms with Gasteiger partial charge in [-0.15, -0.1) is 10.2 Å². The fourth-order valence-electron chi connectivity index (χ4n) is 2.91. The van der Waals surface area contributed by atoms with Gasteiger partial charge in [-0.05, 0) is 18.2 Å². The predicted molar refractivity (Wildman–Crippen MR) is 108 cm³/mol. The zero-order valence-corrected chi connectivity index (χ0v) is 17.6. The maximum Gasteiger partial charge on any atom is 0.433 e. The number of rotatable bonds is 5. The number of pyridine rings is 1. The van der Waals surface area contributed by atoms with Crippen LogP contribution in [0.15, 0.2) is 48.0 Å². The van der Waals surface area contributed by atoms with Gasteiger partial charge in [-0.25, -0.2) is 19.9 Å². The lowest BCUT2D eigenvalue weighted by Gasteiger charge is -2.10. The molecule has 1 atom stereocenters. The van der Waals surface area contributed by atoms with Crippen LogP contribution >= 0.6 is 0 Å². The van der Waals surface area contributed by atoms with Crippen molar-refractivity contribution in [2.45, 2.75) is 18.0 Å². The number of hydrogen-bond donors (Lipinski definition) is 0. The van der Waals surface area contributed by atoms with Crippen molar-refractivity contribution >= 4 is 10.8 Å². The lowest BCUT2D eigenvalue weighted by atomic mass is 10.2. The monoisotopic (exact) mass is 460 g/mol. The molecule has 0 fully saturated rings. The van der Waals surface area contributed by atoms with Crippen LogP contribution in [0.1, 0.15) is 12.6 Å². The van der Waals surface area contributed by atoms with E-state index in [1.165, 1.54) is 10.8 Å². The summed E-state index contributed by atoms with van der Waals surface area (Å²) in [6.45, 7) is 1.76. The van der Waals surface area contributed by atoms with Crippen molar-refractivity contribution in [2.75, 3.05) is 5.75 Å². The standard InChI is InChI=1S/C19H15F3N8OS/c1-3-32(31)13-7-11(16-23-5-4-6-24-16)9-25-15(13)18-29-28-17(30(18)2)12-8-14(19(20,21)22)27-10-26-12/h4-10H,3H2,1-2H3. The third kappa shape index (κ3) is 4.10. The first-order valence-electron chi connectivity index (χ1n) is 9.24. The molecule has 13 heteroatoms. The van der Waals surface area contributed by atoms with E-state index in [1.54, 1.807) is 38.5 Å². The summed E-state index contributed by atoms with van der Waals surface area (Å²) in [7, 11) is 0.145. The van der Waals surface area contributed by atoms with Gasteiger partial charge in [0, 0.05) is 37.0 Å². The third-order valence-corrected chi connectivity index (χ3v) is 5.78. The van der Waals surface area contributed by atoms with Crippen molar-refractivity contribution in [3.8, 4) is 34.4 Å². The molecule has 0 aliphatic rings. The Labute approximate surface area is 182 Å². The van der Waals surface area contributed by atoms with E-state index >= 15 is 0 Å². The Balaban J connectivity index is 1.81. The molecule has 9 nitrogen and oxygen atoms in total. The highest BCUT2D eigenvalue weighted by atomic mass is 32.2. The molecular formula is C19H15F3N8OS. The SMILES string of the molecule is CCS(=O)c1cc(-c2ncccn2)cnc1-c1nnc(-c2cc(C(F)(F)F)ncn2)n1C. The normalized spacial score (nSPS) is 12.7. The summed E-state index contributed by atoms with van der Waals surface area (Å²) >= 11 is 0. The molecule has 4 rings (SSSR count). The minimum atomic E-state index is -4.62. The molecule has 0 saturated carbocycles. The smallest absolute Gasteiger partial charge is 0.307 e. The average molecular weight is 460 g/mol. The minimum absolute atomic E-state index is 0.0546. The summed E-state index contributed by atoms with van der Waals surface area (Å²) in [6.07, 6.45) is 0.872. The Bertz CT molecular complexity index is 1290. The van der Waals surface area contributed by atoms with Gasteiger partial charge in [-0.3, -0.25) is 9.19 Å². The molecule has 164 valence electrons. The van der Waals surface area contributed by atoms with E-state index in [2.05, 4.69) is 35.1 Å². The Morgan fingerprint density at radius 2 is 1.72 bits per heavy atom. The van der Waals surface area contributed by atoms with Crippen LogP contribution in [0.3, 0.4) is 0 Å². The van der Waals surface area contributed by atoms with Crippen molar-refractivity contribution < 1.29 is 17.4 Å². The molecule has 1 unspecified atom stereocenters. The topological polar surface area (TPSA) is 112 Å². The zero-order valence-electron chi connectivity index (χ0n) is 16.8. The van der Waals surface area contributed by atoms with Gasteiger partial charge in [0.2, 0.25) is 0 Å². The second-order valence-electron chi connectivity index (χ2n) is 6.47. The first-order valence-corrected chi connectivity index (χ1v) is 10.6.